The Hall–Kier alpha value is -3.85. The van der Waals surface area contributed by atoms with Crippen LogP contribution in [0.3, 0.4) is 0 Å². The molecule has 0 bridgehead atoms. The number of anilines is 1. The van der Waals surface area contributed by atoms with E-state index in [-0.39, 0.29) is 12.1 Å². The van der Waals surface area contributed by atoms with E-state index >= 15 is 0 Å². The molecular weight excluding hydrogens is 466 g/mol. The number of para-hydroxylation sites is 1. The van der Waals surface area contributed by atoms with Crippen LogP contribution < -0.4 is 26.0 Å². The van der Waals surface area contributed by atoms with Crippen LogP contribution in [0.5, 0.6) is 11.5 Å². The SMILES string of the molecule is COc1cc(NC(=O)Cn2c(=O)n(-c3ccccc3)c(=O)c3c4c(sc32)CCCC4)cc(OC)c1. The van der Waals surface area contributed by atoms with Crippen LogP contribution in [0.15, 0.2) is 58.1 Å². The molecule has 8 nitrogen and oxygen atoms in total. The van der Waals surface area contributed by atoms with Gasteiger partial charge in [0.25, 0.3) is 5.56 Å². The van der Waals surface area contributed by atoms with Gasteiger partial charge in [-0.05, 0) is 43.4 Å². The minimum absolute atomic E-state index is 0.235. The van der Waals surface area contributed by atoms with Crippen LogP contribution >= 0.6 is 11.3 Å². The Morgan fingerprint density at radius 2 is 1.69 bits per heavy atom. The van der Waals surface area contributed by atoms with Crippen molar-refractivity contribution in [2.75, 3.05) is 19.5 Å². The fourth-order valence-electron chi connectivity index (χ4n) is 4.54. The third-order valence-electron chi connectivity index (χ3n) is 6.19. The number of rotatable bonds is 6. The lowest BCUT2D eigenvalue weighted by Gasteiger charge is -2.14. The Kier molecular flexibility index (Phi) is 6.17. The number of aromatic nitrogens is 2. The van der Waals surface area contributed by atoms with Crippen molar-refractivity contribution in [1.29, 1.82) is 0 Å². The highest BCUT2D eigenvalue weighted by atomic mass is 32.1. The summed E-state index contributed by atoms with van der Waals surface area (Å²) in [6.45, 7) is -0.235. The molecule has 0 saturated carbocycles. The highest BCUT2D eigenvalue weighted by Gasteiger charge is 2.25. The fraction of sp³-hybridized carbons (Fsp3) is 0.269. The zero-order valence-electron chi connectivity index (χ0n) is 19.5. The first-order chi connectivity index (χ1) is 17.0. The first kappa shape index (κ1) is 22.9. The van der Waals surface area contributed by atoms with Crippen molar-refractivity contribution in [1.82, 2.24) is 9.13 Å². The van der Waals surface area contributed by atoms with Crippen molar-refractivity contribution < 1.29 is 14.3 Å². The first-order valence-electron chi connectivity index (χ1n) is 11.4. The predicted molar refractivity (Wildman–Crippen MR) is 136 cm³/mol. The highest BCUT2D eigenvalue weighted by molar-refractivity contribution is 7.18. The number of aryl methyl sites for hydroxylation is 2. The van der Waals surface area contributed by atoms with E-state index in [1.807, 2.05) is 6.07 Å². The van der Waals surface area contributed by atoms with E-state index in [2.05, 4.69) is 5.32 Å². The summed E-state index contributed by atoms with van der Waals surface area (Å²) in [5.74, 6) is 0.666. The molecule has 0 aliphatic heterocycles. The van der Waals surface area contributed by atoms with Gasteiger partial charge in [-0.25, -0.2) is 9.36 Å². The van der Waals surface area contributed by atoms with Gasteiger partial charge in [-0.3, -0.25) is 14.2 Å². The molecule has 4 aromatic rings. The molecule has 9 heteroatoms. The van der Waals surface area contributed by atoms with Crippen LogP contribution in [0.4, 0.5) is 5.69 Å². The van der Waals surface area contributed by atoms with E-state index in [1.54, 1.807) is 42.5 Å². The smallest absolute Gasteiger partial charge is 0.337 e. The molecule has 5 rings (SSSR count). The molecule has 2 aromatic heterocycles. The topological polar surface area (TPSA) is 91.6 Å². The number of methoxy groups -OCH3 is 2. The fourth-order valence-corrected chi connectivity index (χ4v) is 5.91. The Morgan fingerprint density at radius 3 is 2.37 bits per heavy atom. The lowest BCUT2D eigenvalue weighted by molar-refractivity contribution is -0.116. The number of fused-ring (bicyclic) bond motifs is 3. The maximum Gasteiger partial charge on any atom is 0.337 e. The molecule has 0 atom stereocenters. The van der Waals surface area contributed by atoms with E-state index in [4.69, 9.17) is 9.47 Å². The van der Waals surface area contributed by atoms with Crippen LogP contribution in [0, 0.1) is 0 Å². The van der Waals surface area contributed by atoms with Gasteiger partial charge in [-0.1, -0.05) is 18.2 Å². The number of hydrogen-bond donors (Lipinski definition) is 1. The molecule has 2 heterocycles. The van der Waals surface area contributed by atoms with Gasteiger partial charge in [-0.2, -0.15) is 0 Å². The van der Waals surface area contributed by atoms with E-state index in [0.717, 1.165) is 36.1 Å². The molecule has 0 radical (unpaired) electrons. The second kappa shape index (κ2) is 9.42. The molecule has 2 aromatic carbocycles. The van der Waals surface area contributed by atoms with E-state index in [0.29, 0.717) is 33.1 Å². The molecule has 1 N–H and O–H groups in total. The average Bonchev–Trinajstić information content (AvgIpc) is 3.27. The minimum Gasteiger partial charge on any atom is -0.497 e. The summed E-state index contributed by atoms with van der Waals surface area (Å²) in [5.41, 5.74) is 1.11. The predicted octanol–water partition coefficient (Wildman–Crippen LogP) is 3.75. The number of nitrogens with zero attached hydrogens (tertiary/aromatic N) is 2. The third kappa shape index (κ3) is 4.23. The van der Waals surface area contributed by atoms with Crippen LogP contribution in [-0.4, -0.2) is 29.3 Å². The highest BCUT2D eigenvalue weighted by Crippen LogP contribution is 2.34. The van der Waals surface area contributed by atoms with Crippen LogP contribution in [-0.2, 0) is 24.2 Å². The Morgan fingerprint density at radius 1 is 1.00 bits per heavy atom. The van der Waals surface area contributed by atoms with Crippen molar-refractivity contribution in [2.24, 2.45) is 0 Å². The second-order valence-corrected chi connectivity index (χ2v) is 9.47. The van der Waals surface area contributed by atoms with E-state index in [9.17, 15) is 14.4 Å². The number of thiophene rings is 1. The maximum absolute atomic E-state index is 13.6. The molecule has 0 saturated heterocycles. The average molecular weight is 492 g/mol. The number of carbonyl (C=O) groups excluding carboxylic acids is 1. The number of ether oxygens (including phenoxy) is 2. The molecule has 0 spiro atoms. The minimum atomic E-state index is -0.536. The number of nitrogens with one attached hydrogen (secondary N) is 1. The number of carbonyl (C=O) groups is 1. The van der Waals surface area contributed by atoms with Crippen molar-refractivity contribution >= 4 is 33.1 Å². The van der Waals surface area contributed by atoms with Gasteiger partial charge < -0.3 is 14.8 Å². The summed E-state index contributed by atoms with van der Waals surface area (Å²) in [4.78, 5) is 42.0. The largest absolute Gasteiger partial charge is 0.497 e. The molecule has 35 heavy (non-hydrogen) atoms. The summed E-state index contributed by atoms with van der Waals surface area (Å²) in [5, 5.41) is 3.37. The van der Waals surface area contributed by atoms with E-state index in [1.165, 1.54) is 34.7 Å². The Labute approximate surface area is 205 Å². The second-order valence-electron chi connectivity index (χ2n) is 8.39. The standard InChI is InChI=1S/C26H25N3O5S/c1-33-18-12-16(13-19(14-18)34-2)27-22(30)15-28-25-23(20-10-6-7-11-21(20)35-25)24(31)29(26(28)32)17-8-4-3-5-9-17/h3-5,8-9,12-14H,6-7,10-11,15H2,1-2H3,(H,27,30). The quantitative estimate of drug-likeness (QED) is 0.444. The van der Waals surface area contributed by atoms with Gasteiger partial charge in [0, 0.05) is 28.8 Å². The van der Waals surface area contributed by atoms with Crippen molar-refractivity contribution in [3.05, 3.63) is 79.8 Å². The lowest BCUT2D eigenvalue weighted by atomic mass is 9.97. The molecule has 1 amide bonds. The van der Waals surface area contributed by atoms with Crippen LogP contribution in [0.2, 0.25) is 0 Å². The van der Waals surface area contributed by atoms with Crippen LogP contribution in [0.1, 0.15) is 23.3 Å². The zero-order valence-corrected chi connectivity index (χ0v) is 20.3. The molecule has 1 aliphatic carbocycles. The summed E-state index contributed by atoms with van der Waals surface area (Å²) in [6.07, 6.45) is 3.73. The summed E-state index contributed by atoms with van der Waals surface area (Å²) in [7, 11) is 3.06. The Bertz CT molecular complexity index is 1510. The summed E-state index contributed by atoms with van der Waals surface area (Å²) >= 11 is 1.45. The number of amides is 1. The van der Waals surface area contributed by atoms with Crippen molar-refractivity contribution in [3.63, 3.8) is 0 Å². The first-order valence-corrected chi connectivity index (χ1v) is 12.2. The van der Waals surface area contributed by atoms with Gasteiger partial charge in [0.15, 0.2) is 0 Å². The van der Waals surface area contributed by atoms with Crippen molar-refractivity contribution in [2.45, 2.75) is 32.2 Å². The summed E-state index contributed by atoms with van der Waals surface area (Å²) < 4.78 is 13.1. The van der Waals surface area contributed by atoms with Crippen LogP contribution in [0.25, 0.3) is 15.9 Å². The molecule has 180 valence electrons. The van der Waals surface area contributed by atoms with Gasteiger partial charge in [0.2, 0.25) is 5.91 Å². The third-order valence-corrected chi connectivity index (χ3v) is 7.50. The molecular formula is C26H25N3O5S. The molecule has 0 unspecified atom stereocenters. The van der Waals surface area contributed by atoms with Gasteiger partial charge in [0.05, 0.1) is 25.3 Å². The van der Waals surface area contributed by atoms with Gasteiger partial charge in [-0.15, -0.1) is 11.3 Å². The summed E-state index contributed by atoms with van der Waals surface area (Å²) in [6, 6.07) is 13.9. The van der Waals surface area contributed by atoms with Crippen molar-refractivity contribution in [3.8, 4) is 17.2 Å². The monoisotopic (exact) mass is 491 g/mol. The van der Waals surface area contributed by atoms with Gasteiger partial charge >= 0.3 is 5.69 Å². The maximum atomic E-state index is 13.6. The number of benzene rings is 2. The number of hydrogen-bond acceptors (Lipinski definition) is 6. The van der Waals surface area contributed by atoms with Gasteiger partial charge in [0.1, 0.15) is 22.9 Å². The van der Waals surface area contributed by atoms with E-state index < -0.39 is 11.6 Å². The lowest BCUT2D eigenvalue weighted by Crippen LogP contribution is -2.40. The normalized spacial score (nSPS) is 12.9. The molecule has 0 fully saturated rings. The zero-order chi connectivity index (χ0) is 24.5. The Balaban J connectivity index is 1.62. The molecule has 1 aliphatic rings.